The van der Waals surface area contributed by atoms with E-state index in [4.69, 9.17) is 9.26 Å². The highest BCUT2D eigenvalue weighted by atomic mass is 16.5. The first-order chi connectivity index (χ1) is 9.72. The summed E-state index contributed by atoms with van der Waals surface area (Å²) in [5.41, 5.74) is 0.988. The summed E-state index contributed by atoms with van der Waals surface area (Å²) < 4.78 is 10.4. The van der Waals surface area contributed by atoms with Crippen LogP contribution in [0.1, 0.15) is 37.0 Å². The lowest BCUT2D eigenvalue weighted by Gasteiger charge is -2.04. The quantitative estimate of drug-likeness (QED) is 0.776. The Kier molecular flexibility index (Phi) is 4.87. The number of ether oxygens (including phenoxy) is 1. The van der Waals surface area contributed by atoms with Gasteiger partial charge in [0, 0.05) is 18.4 Å². The molecule has 0 aliphatic rings. The molecule has 2 aromatic rings. The average Bonchev–Trinajstić information content (AvgIpc) is 2.87. The molecular weight excluding hydrogens is 256 g/mol. The molecule has 0 spiro atoms. The smallest absolute Gasteiger partial charge is 0.234 e. The average molecular weight is 274 g/mol. The van der Waals surface area contributed by atoms with Crippen LogP contribution in [0, 0.1) is 0 Å². The van der Waals surface area contributed by atoms with E-state index in [1.165, 1.54) is 0 Å². The zero-order chi connectivity index (χ0) is 14.4. The molecule has 1 aromatic carbocycles. The summed E-state index contributed by atoms with van der Waals surface area (Å²) in [6.07, 6.45) is 2.12. The van der Waals surface area contributed by atoms with Crippen molar-refractivity contribution in [3.8, 4) is 5.75 Å². The molecule has 0 amide bonds. The van der Waals surface area contributed by atoms with Gasteiger partial charge in [-0.3, -0.25) is 4.79 Å². The minimum Gasteiger partial charge on any atom is -0.496 e. The lowest BCUT2D eigenvalue weighted by atomic mass is 10.1. The maximum atomic E-state index is 11.5. The fraction of sp³-hybridized carbons (Fsp3) is 0.400. The fourth-order valence-electron chi connectivity index (χ4n) is 1.99. The summed E-state index contributed by atoms with van der Waals surface area (Å²) in [6, 6.07) is 7.69. The highest BCUT2D eigenvalue weighted by Crippen LogP contribution is 2.19. The maximum Gasteiger partial charge on any atom is 0.234 e. The number of hydrogen-bond donors (Lipinski definition) is 0. The molecule has 0 bridgehead atoms. The summed E-state index contributed by atoms with van der Waals surface area (Å²) in [6.45, 7) is 1.97. The molecule has 0 atom stereocenters. The molecule has 0 saturated heterocycles. The number of hydrogen-bond acceptors (Lipinski definition) is 5. The van der Waals surface area contributed by atoms with Gasteiger partial charge in [-0.05, 0) is 12.5 Å². The Morgan fingerprint density at radius 2 is 2.15 bits per heavy atom. The number of carbonyl (C=O) groups excluding carboxylic acids is 1. The van der Waals surface area contributed by atoms with Gasteiger partial charge >= 0.3 is 0 Å². The van der Waals surface area contributed by atoms with Gasteiger partial charge in [-0.1, -0.05) is 30.3 Å². The van der Waals surface area contributed by atoms with Crippen molar-refractivity contribution in [2.24, 2.45) is 0 Å². The second kappa shape index (κ2) is 6.84. The SMILES string of the molecule is CCCC(=O)Cc1nc(Cc2ccccc2OC)no1. The topological polar surface area (TPSA) is 65.2 Å². The Balaban J connectivity index is 2.04. The zero-order valence-electron chi connectivity index (χ0n) is 11.8. The Morgan fingerprint density at radius 3 is 2.90 bits per heavy atom. The van der Waals surface area contributed by atoms with Crippen LogP contribution in [0.5, 0.6) is 5.75 Å². The minimum absolute atomic E-state index is 0.125. The summed E-state index contributed by atoms with van der Waals surface area (Å²) in [5.74, 6) is 1.86. The number of para-hydroxylation sites is 1. The molecule has 1 aromatic heterocycles. The molecule has 0 radical (unpaired) electrons. The van der Waals surface area contributed by atoms with Crippen LogP contribution >= 0.6 is 0 Å². The van der Waals surface area contributed by atoms with Gasteiger partial charge in [-0.2, -0.15) is 4.98 Å². The molecule has 0 aliphatic heterocycles. The molecule has 0 aliphatic carbocycles. The van der Waals surface area contributed by atoms with Crippen LogP contribution in [-0.2, 0) is 17.6 Å². The van der Waals surface area contributed by atoms with Gasteiger partial charge in [-0.25, -0.2) is 0 Å². The van der Waals surface area contributed by atoms with Crippen LogP contribution < -0.4 is 4.74 Å². The number of methoxy groups -OCH3 is 1. The standard InChI is InChI=1S/C15H18N2O3/c1-3-6-12(18)10-15-16-14(17-20-15)9-11-7-4-5-8-13(11)19-2/h4-5,7-8H,3,6,9-10H2,1-2H3. The van der Waals surface area contributed by atoms with Crippen molar-refractivity contribution in [3.63, 3.8) is 0 Å². The molecular formula is C15H18N2O3. The molecule has 0 saturated carbocycles. The Morgan fingerprint density at radius 1 is 1.35 bits per heavy atom. The van der Waals surface area contributed by atoms with E-state index >= 15 is 0 Å². The van der Waals surface area contributed by atoms with E-state index in [9.17, 15) is 4.79 Å². The second-order valence-electron chi connectivity index (χ2n) is 4.56. The van der Waals surface area contributed by atoms with Crippen molar-refractivity contribution in [3.05, 3.63) is 41.5 Å². The Hall–Kier alpha value is -2.17. The van der Waals surface area contributed by atoms with Crippen LogP contribution in [0.15, 0.2) is 28.8 Å². The molecule has 5 heteroatoms. The van der Waals surface area contributed by atoms with Crippen molar-refractivity contribution in [1.29, 1.82) is 0 Å². The monoisotopic (exact) mass is 274 g/mol. The molecule has 0 N–H and O–H groups in total. The van der Waals surface area contributed by atoms with Gasteiger partial charge in [0.15, 0.2) is 5.82 Å². The van der Waals surface area contributed by atoms with Crippen molar-refractivity contribution >= 4 is 5.78 Å². The first-order valence-electron chi connectivity index (χ1n) is 6.68. The lowest BCUT2D eigenvalue weighted by molar-refractivity contribution is -0.118. The van der Waals surface area contributed by atoms with Gasteiger partial charge < -0.3 is 9.26 Å². The number of carbonyl (C=O) groups is 1. The first-order valence-corrected chi connectivity index (χ1v) is 6.68. The number of ketones is 1. The third-order valence-electron chi connectivity index (χ3n) is 2.93. The Labute approximate surface area is 118 Å². The first kappa shape index (κ1) is 14.2. The van der Waals surface area contributed by atoms with Gasteiger partial charge in [0.05, 0.1) is 13.5 Å². The zero-order valence-corrected chi connectivity index (χ0v) is 11.8. The Bertz CT molecular complexity index is 578. The number of aromatic nitrogens is 2. The largest absolute Gasteiger partial charge is 0.496 e. The maximum absolute atomic E-state index is 11.5. The molecule has 106 valence electrons. The van der Waals surface area contributed by atoms with E-state index in [1.54, 1.807) is 7.11 Å². The number of Topliss-reactive ketones (excluding diaryl/α,β-unsaturated/α-hetero) is 1. The van der Waals surface area contributed by atoms with Gasteiger partial charge in [0.25, 0.3) is 0 Å². The third kappa shape index (κ3) is 3.66. The van der Waals surface area contributed by atoms with E-state index in [-0.39, 0.29) is 12.2 Å². The summed E-state index contributed by atoms with van der Waals surface area (Å²) in [5, 5.41) is 3.91. The predicted molar refractivity (Wildman–Crippen MR) is 73.7 cm³/mol. The van der Waals surface area contributed by atoms with E-state index in [2.05, 4.69) is 10.1 Å². The van der Waals surface area contributed by atoms with E-state index in [0.29, 0.717) is 24.6 Å². The highest BCUT2D eigenvalue weighted by Gasteiger charge is 2.12. The van der Waals surface area contributed by atoms with E-state index < -0.39 is 0 Å². The van der Waals surface area contributed by atoms with Crippen molar-refractivity contribution in [1.82, 2.24) is 10.1 Å². The molecule has 20 heavy (non-hydrogen) atoms. The predicted octanol–water partition coefficient (Wildman–Crippen LogP) is 2.58. The summed E-state index contributed by atoms with van der Waals surface area (Å²) in [7, 11) is 1.63. The number of nitrogens with zero attached hydrogens (tertiary/aromatic N) is 2. The van der Waals surface area contributed by atoms with E-state index in [1.807, 2.05) is 31.2 Å². The number of benzene rings is 1. The number of rotatable bonds is 7. The van der Waals surface area contributed by atoms with Crippen LogP contribution in [0.2, 0.25) is 0 Å². The lowest BCUT2D eigenvalue weighted by Crippen LogP contribution is -2.02. The van der Waals surface area contributed by atoms with Crippen molar-refractivity contribution < 1.29 is 14.1 Å². The molecule has 0 fully saturated rings. The van der Waals surface area contributed by atoms with Gasteiger partial charge in [0.2, 0.25) is 5.89 Å². The van der Waals surface area contributed by atoms with Crippen molar-refractivity contribution in [2.75, 3.05) is 7.11 Å². The fourth-order valence-corrected chi connectivity index (χ4v) is 1.99. The summed E-state index contributed by atoms with van der Waals surface area (Å²) in [4.78, 5) is 15.8. The van der Waals surface area contributed by atoms with Gasteiger partial charge in [-0.15, -0.1) is 0 Å². The normalized spacial score (nSPS) is 10.5. The molecule has 5 nitrogen and oxygen atoms in total. The van der Waals surface area contributed by atoms with Crippen LogP contribution in [0.4, 0.5) is 0 Å². The van der Waals surface area contributed by atoms with Crippen LogP contribution in [0.3, 0.4) is 0 Å². The molecule has 2 rings (SSSR count). The minimum atomic E-state index is 0.125. The molecule has 1 heterocycles. The van der Waals surface area contributed by atoms with Crippen LogP contribution in [0.25, 0.3) is 0 Å². The molecule has 0 unspecified atom stereocenters. The van der Waals surface area contributed by atoms with Crippen LogP contribution in [-0.4, -0.2) is 23.0 Å². The van der Waals surface area contributed by atoms with Crippen molar-refractivity contribution in [2.45, 2.75) is 32.6 Å². The third-order valence-corrected chi connectivity index (χ3v) is 2.93. The van der Waals surface area contributed by atoms with Gasteiger partial charge in [0.1, 0.15) is 11.5 Å². The highest BCUT2D eigenvalue weighted by molar-refractivity contribution is 5.79. The second-order valence-corrected chi connectivity index (χ2v) is 4.56. The summed E-state index contributed by atoms with van der Waals surface area (Å²) >= 11 is 0. The van der Waals surface area contributed by atoms with E-state index in [0.717, 1.165) is 17.7 Å².